The highest BCUT2D eigenvalue weighted by Gasteiger charge is 2.08. The highest BCUT2D eigenvalue weighted by atomic mass is 19.3. The number of nitrogens with one attached hydrogen (secondary N) is 1. The second-order valence-electron chi connectivity index (χ2n) is 4.40. The second kappa shape index (κ2) is 6.89. The standard InChI is InChI=1S/C16H17F2NO/c1-2-12-7-9-13(10-8-12)11-19-14-5-3-4-6-15(14)20-16(17)18/h3-10,16,19H,2,11H2,1H3. The third-order valence-corrected chi connectivity index (χ3v) is 3.02. The lowest BCUT2D eigenvalue weighted by atomic mass is 10.1. The van der Waals surface area contributed by atoms with Gasteiger partial charge >= 0.3 is 6.61 Å². The third-order valence-electron chi connectivity index (χ3n) is 3.02. The van der Waals surface area contributed by atoms with Gasteiger partial charge in [0.2, 0.25) is 0 Å². The van der Waals surface area contributed by atoms with Crippen LogP contribution in [0.15, 0.2) is 48.5 Å². The molecule has 0 bridgehead atoms. The van der Waals surface area contributed by atoms with E-state index in [1.807, 2.05) is 12.1 Å². The first-order valence-electron chi connectivity index (χ1n) is 6.54. The molecule has 2 rings (SSSR count). The second-order valence-corrected chi connectivity index (χ2v) is 4.40. The molecule has 20 heavy (non-hydrogen) atoms. The Kier molecular flexibility index (Phi) is 4.93. The Morgan fingerprint density at radius 3 is 2.30 bits per heavy atom. The van der Waals surface area contributed by atoms with Gasteiger partial charge in [-0.3, -0.25) is 0 Å². The van der Waals surface area contributed by atoms with Crippen LogP contribution in [0.2, 0.25) is 0 Å². The molecule has 0 saturated heterocycles. The Morgan fingerprint density at radius 2 is 1.65 bits per heavy atom. The number of alkyl halides is 2. The molecule has 0 aliphatic heterocycles. The maximum absolute atomic E-state index is 12.3. The first kappa shape index (κ1) is 14.3. The number of halogens is 2. The van der Waals surface area contributed by atoms with Gasteiger partial charge in [-0.2, -0.15) is 8.78 Å². The number of anilines is 1. The van der Waals surface area contributed by atoms with Crippen molar-refractivity contribution in [2.75, 3.05) is 5.32 Å². The van der Waals surface area contributed by atoms with Crippen molar-refractivity contribution in [1.29, 1.82) is 0 Å². The van der Waals surface area contributed by atoms with Crippen LogP contribution in [-0.4, -0.2) is 6.61 Å². The number of para-hydroxylation sites is 2. The normalized spacial score (nSPS) is 10.6. The van der Waals surface area contributed by atoms with Gasteiger partial charge in [-0.15, -0.1) is 0 Å². The molecule has 0 unspecified atom stereocenters. The molecule has 0 radical (unpaired) electrons. The zero-order valence-electron chi connectivity index (χ0n) is 11.3. The summed E-state index contributed by atoms with van der Waals surface area (Å²) in [5.41, 5.74) is 2.93. The van der Waals surface area contributed by atoms with Crippen molar-refractivity contribution in [3.8, 4) is 5.75 Å². The van der Waals surface area contributed by atoms with Crippen molar-refractivity contribution in [2.45, 2.75) is 26.5 Å². The first-order valence-corrected chi connectivity index (χ1v) is 6.54. The van der Waals surface area contributed by atoms with Gasteiger partial charge in [0.15, 0.2) is 0 Å². The van der Waals surface area contributed by atoms with E-state index in [4.69, 9.17) is 0 Å². The number of hydrogen-bond donors (Lipinski definition) is 1. The molecule has 106 valence electrons. The Labute approximate surface area is 117 Å². The molecule has 2 nitrogen and oxygen atoms in total. The highest BCUT2D eigenvalue weighted by molar-refractivity contribution is 5.56. The van der Waals surface area contributed by atoms with E-state index in [0.29, 0.717) is 12.2 Å². The molecule has 2 aromatic carbocycles. The smallest absolute Gasteiger partial charge is 0.387 e. The number of benzene rings is 2. The molecule has 2 aromatic rings. The largest absolute Gasteiger partial charge is 0.433 e. The van der Waals surface area contributed by atoms with E-state index >= 15 is 0 Å². The van der Waals surface area contributed by atoms with Gasteiger partial charge in [0, 0.05) is 6.54 Å². The lowest BCUT2D eigenvalue weighted by Crippen LogP contribution is -2.06. The molecule has 0 aromatic heterocycles. The summed E-state index contributed by atoms with van der Waals surface area (Å²) in [4.78, 5) is 0. The number of rotatable bonds is 6. The molecule has 0 spiro atoms. The Balaban J connectivity index is 2.02. The van der Waals surface area contributed by atoms with Crippen molar-refractivity contribution < 1.29 is 13.5 Å². The van der Waals surface area contributed by atoms with E-state index in [1.165, 1.54) is 11.6 Å². The third kappa shape index (κ3) is 3.95. The SMILES string of the molecule is CCc1ccc(CNc2ccccc2OC(F)F)cc1. The fourth-order valence-electron chi connectivity index (χ4n) is 1.90. The van der Waals surface area contributed by atoms with Gasteiger partial charge in [-0.1, -0.05) is 43.3 Å². The van der Waals surface area contributed by atoms with E-state index in [1.54, 1.807) is 18.2 Å². The maximum atomic E-state index is 12.3. The van der Waals surface area contributed by atoms with Crippen LogP contribution in [0.3, 0.4) is 0 Å². The zero-order chi connectivity index (χ0) is 14.4. The van der Waals surface area contributed by atoms with Gasteiger partial charge in [0.25, 0.3) is 0 Å². The molecule has 0 fully saturated rings. The lowest BCUT2D eigenvalue weighted by molar-refractivity contribution is -0.0493. The molecule has 0 aliphatic carbocycles. The van der Waals surface area contributed by atoms with Crippen molar-refractivity contribution >= 4 is 5.69 Å². The molecular formula is C16H17F2NO. The average Bonchev–Trinajstić information content (AvgIpc) is 2.46. The zero-order valence-corrected chi connectivity index (χ0v) is 11.3. The van der Waals surface area contributed by atoms with E-state index in [9.17, 15) is 8.78 Å². The topological polar surface area (TPSA) is 21.3 Å². The number of aryl methyl sites for hydroxylation is 1. The molecule has 1 N–H and O–H groups in total. The van der Waals surface area contributed by atoms with Crippen LogP contribution in [-0.2, 0) is 13.0 Å². The van der Waals surface area contributed by atoms with Gasteiger partial charge < -0.3 is 10.1 Å². The van der Waals surface area contributed by atoms with E-state index in [-0.39, 0.29) is 5.75 Å². The van der Waals surface area contributed by atoms with Crippen molar-refractivity contribution in [3.05, 3.63) is 59.7 Å². The van der Waals surface area contributed by atoms with Crippen LogP contribution in [0.25, 0.3) is 0 Å². The summed E-state index contributed by atoms with van der Waals surface area (Å²) >= 11 is 0. The molecule has 0 amide bonds. The van der Waals surface area contributed by atoms with Crippen molar-refractivity contribution in [1.82, 2.24) is 0 Å². The quantitative estimate of drug-likeness (QED) is 0.841. The Hall–Kier alpha value is -2.10. The summed E-state index contributed by atoms with van der Waals surface area (Å²) in [7, 11) is 0. The van der Waals surface area contributed by atoms with Crippen LogP contribution in [0.5, 0.6) is 5.75 Å². The molecule has 0 saturated carbocycles. The summed E-state index contributed by atoms with van der Waals surface area (Å²) in [6.45, 7) is -0.152. The van der Waals surface area contributed by atoms with E-state index < -0.39 is 6.61 Å². The fourth-order valence-corrected chi connectivity index (χ4v) is 1.90. The van der Waals surface area contributed by atoms with Crippen molar-refractivity contribution in [3.63, 3.8) is 0 Å². The molecule has 0 atom stereocenters. The Morgan fingerprint density at radius 1 is 1.00 bits per heavy atom. The maximum Gasteiger partial charge on any atom is 0.387 e. The number of hydrogen-bond acceptors (Lipinski definition) is 2. The van der Waals surface area contributed by atoms with Gasteiger partial charge in [0.05, 0.1) is 5.69 Å². The number of ether oxygens (including phenoxy) is 1. The van der Waals surface area contributed by atoms with E-state index in [0.717, 1.165) is 12.0 Å². The van der Waals surface area contributed by atoms with E-state index in [2.05, 4.69) is 29.1 Å². The van der Waals surface area contributed by atoms with Crippen LogP contribution >= 0.6 is 0 Å². The summed E-state index contributed by atoms with van der Waals surface area (Å²) in [6.07, 6.45) is 0.999. The molecule has 4 heteroatoms. The fraction of sp³-hybridized carbons (Fsp3) is 0.250. The van der Waals surface area contributed by atoms with Crippen molar-refractivity contribution in [2.24, 2.45) is 0 Å². The van der Waals surface area contributed by atoms with Crippen LogP contribution in [0.4, 0.5) is 14.5 Å². The highest BCUT2D eigenvalue weighted by Crippen LogP contribution is 2.25. The molecule has 0 heterocycles. The van der Waals surface area contributed by atoms with Crippen LogP contribution < -0.4 is 10.1 Å². The average molecular weight is 277 g/mol. The summed E-state index contributed by atoms with van der Waals surface area (Å²) in [6, 6.07) is 14.9. The van der Waals surface area contributed by atoms with Gasteiger partial charge in [-0.05, 0) is 29.7 Å². The minimum atomic E-state index is -2.82. The van der Waals surface area contributed by atoms with Gasteiger partial charge in [0.1, 0.15) is 5.75 Å². The minimum Gasteiger partial charge on any atom is -0.433 e. The van der Waals surface area contributed by atoms with Gasteiger partial charge in [-0.25, -0.2) is 0 Å². The summed E-state index contributed by atoms with van der Waals surface area (Å²) < 4.78 is 29.1. The lowest BCUT2D eigenvalue weighted by Gasteiger charge is -2.12. The minimum absolute atomic E-state index is 0.160. The predicted molar refractivity (Wildman–Crippen MR) is 76.2 cm³/mol. The summed E-state index contributed by atoms with van der Waals surface area (Å²) in [5, 5.41) is 3.11. The predicted octanol–water partition coefficient (Wildman–Crippen LogP) is 4.46. The summed E-state index contributed by atoms with van der Waals surface area (Å²) in [5.74, 6) is 0.160. The molecule has 0 aliphatic rings. The monoisotopic (exact) mass is 277 g/mol. The van der Waals surface area contributed by atoms with Crippen LogP contribution in [0.1, 0.15) is 18.1 Å². The molecular weight excluding hydrogens is 260 g/mol. The van der Waals surface area contributed by atoms with Crippen LogP contribution in [0, 0.1) is 0 Å². The first-order chi connectivity index (χ1) is 9.69. The Bertz CT molecular complexity index is 540.